The fraction of sp³-hybridized carbons (Fsp3) is 0.455. The molecule has 0 bridgehead atoms. The molecule has 1 amide bonds. The average Bonchev–Trinajstić information content (AvgIpc) is 2.83. The predicted molar refractivity (Wildman–Crippen MR) is 126 cm³/mol. The van der Waals surface area contributed by atoms with Crippen molar-refractivity contribution in [1.82, 2.24) is 9.29 Å². The van der Waals surface area contributed by atoms with Gasteiger partial charge in [-0.2, -0.15) is 4.31 Å². The number of ether oxygens (including phenoxy) is 2. The van der Waals surface area contributed by atoms with Gasteiger partial charge in [0, 0.05) is 39.5 Å². The summed E-state index contributed by atoms with van der Waals surface area (Å²) in [6.07, 6.45) is 0. The largest absolute Gasteiger partial charge is 0.383 e. The number of pyridine rings is 1. The lowest BCUT2D eigenvalue weighted by atomic mass is 10.1. The lowest BCUT2D eigenvalue weighted by molar-refractivity contribution is -0.119. The zero-order chi connectivity index (χ0) is 23.6. The number of hydrogen-bond acceptors (Lipinski definition) is 8. The highest BCUT2D eigenvalue weighted by Crippen LogP contribution is 2.35. The van der Waals surface area contributed by atoms with Gasteiger partial charge in [-0.3, -0.25) is 4.79 Å². The summed E-state index contributed by atoms with van der Waals surface area (Å²) in [6.45, 7) is 4.30. The first-order chi connectivity index (χ1) is 15.8. The molecule has 2 aliphatic heterocycles. The van der Waals surface area contributed by atoms with E-state index >= 15 is 0 Å². The summed E-state index contributed by atoms with van der Waals surface area (Å²) in [7, 11) is -0.250. The molecule has 3 heterocycles. The molecule has 0 saturated carbocycles. The molecule has 0 unspecified atom stereocenters. The number of amides is 1. The Hall–Kier alpha value is -2.73. The molecule has 1 N–H and O–H groups in total. The summed E-state index contributed by atoms with van der Waals surface area (Å²) in [4.78, 5) is 21.1. The third kappa shape index (κ3) is 4.67. The van der Waals surface area contributed by atoms with Crippen molar-refractivity contribution in [3.8, 4) is 0 Å². The van der Waals surface area contributed by atoms with Crippen molar-refractivity contribution >= 4 is 38.9 Å². The van der Waals surface area contributed by atoms with Crippen LogP contribution in [-0.4, -0.2) is 83.3 Å². The number of nitrogens with one attached hydrogen (secondary N) is 1. The molecule has 1 aromatic carbocycles. The lowest BCUT2D eigenvalue weighted by Gasteiger charge is -2.39. The number of hydrogen-bond donors (Lipinski definition) is 1. The highest BCUT2D eigenvalue weighted by molar-refractivity contribution is 7.89. The van der Waals surface area contributed by atoms with E-state index in [9.17, 15) is 13.2 Å². The van der Waals surface area contributed by atoms with E-state index in [4.69, 9.17) is 14.5 Å². The summed E-state index contributed by atoms with van der Waals surface area (Å²) in [5.74, 6) is 1.21. The Bertz CT molecular complexity index is 1120. The van der Waals surface area contributed by atoms with Crippen molar-refractivity contribution in [1.29, 1.82) is 0 Å². The molecular weight excluding hydrogens is 446 g/mol. The molecule has 1 fully saturated rings. The first-order valence-corrected chi connectivity index (χ1v) is 12.3. The Morgan fingerprint density at radius 1 is 1.21 bits per heavy atom. The van der Waals surface area contributed by atoms with Crippen LogP contribution in [0.25, 0.3) is 0 Å². The van der Waals surface area contributed by atoms with Crippen LogP contribution in [0.3, 0.4) is 0 Å². The molecule has 178 valence electrons. The highest BCUT2D eigenvalue weighted by Gasteiger charge is 2.34. The van der Waals surface area contributed by atoms with Crippen LogP contribution < -0.4 is 15.1 Å². The van der Waals surface area contributed by atoms with Crippen LogP contribution in [0, 0.1) is 0 Å². The molecule has 4 rings (SSSR count). The molecule has 1 aromatic heterocycles. The fourth-order valence-corrected chi connectivity index (χ4v) is 5.46. The van der Waals surface area contributed by atoms with Gasteiger partial charge in [-0.25, -0.2) is 13.4 Å². The molecule has 11 heteroatoms. The van der Waals surface area contributed by atoms with E-state index in [0.717, 1.165) is 0 Å². The maximum Gasteiger partial charge on any atom is 0.249 e. The normalized spacial score (nSPS) is 19.5. The van der Waals surface area contributed by atoms with E-state index in [-0.39, 0.29) is 16.8 Å². The minimum atomic E-state index is -3.60. The Labute approximate surface area is 194 Å². The second-order valence-electron chi connectivity index (χ2n) is 7.97. The van der Waals surface area contributed by atoms with Gasteiger partial charge in [-0.1, -0.05) is 6.07 Å². The number of aromatic nitrogens is 1. The maximum atomic E-state index is 13.0. The SMILES string of the molecule is COCCN1c2nc(Nc3cccc(S(=O)(=O)N4CCOCC4)c3)ccc2N(C)C(=O)[C@@H]1C. The van der Waals surface area contributed by atoms with E-state index in [1.165, 1.54) is 4.31 Å². The highest BCUT2D eigenvalue weighted by atomic mass is 32.2. The monoisotopic (exact) mass is 475 g/mol. The van der Waals surface area contributed by atoms with Crippen molar-refractivity contribution in [3.63, 3.8) is 0 Å². The van der Waals surface area contributed by atoms with Crippen molar-refractivity contribution < 1.29 is 22.7 Å². The summed E-state index contributed by atoms with van der Waals surface area (Å²) in [5.41, 5.74) is 1.32. The number of benzene rings is 1. The number of sulfonamides is 1. The molecule has 10 nitrogen and oxygen atoms in total. The van der Waals surface area contributed by atoms with Crippen LogP contribution in [-0.2, 0) is 24.3 Å². The molecule has 0 radical (unpaired) electrons. The number of nitrogens with zero attached hydrogens (tertiary/aromatic N) is 4. The zero-order valence-electron chi connectivity index (χ0n) is 19.0. The number of carbonyl (C=O) groups excluding carboxylic acids is 1. The molecule has 0 aliphatic carbocycles. The van der Waals surface area contributed by atoms with Gasteiger partial charge in [0.2, 0.25) is 15.9 Å². The standard InChI is InChI=1S/C22H29N5O5S/c1-16-22(28)25(2)19-7-8-20(24-21(19)27(16)11-12-31-3)23-17-5-4-6-18(15-17)33(29,30)26-9-13-32-14-10-26/h4-8,15-16H,9-14H2,1-3H3,(H,23,24)/t16-/m0/s1. The molecule has 0 spiro atoms. The molecular formula is C22H29N5O5S. The van der Waals surface area contributed by atoms with Crippen LogP contribution >= 0.6 is 0 Å². The number of rotatable bonds is 7. The van der Waals surface area contributed by atoms with Gasteiger partial charge in [0.25, 0.3) is 0 Å². The van der Waals surface area contributed by atoms with Crippen LogP contribution in [0.4, 0.5) is 23.0 Å². The summed E-state index contributed by atoms with van der Waals surface area (Å²) in [5, 5.41) is 3.21. The first-order valence-electron chi connectivity index (χ1n) is 10.8. The number of morpholine rings is 1. The second-order valence-corrected chi connectivity index (χ2v) is 9.91. The molecule has 1 saturated heterocycles. The van der Waals surface area contributed by atoms with Crippen LogP contribution in [0.5, 0.6) is 0 Å². The minimum Gasteiger partial charge on any atom is -0.383 e. The second kappa shape index (κ2) is 9.64. The fourth-order valence-electron chi connectivity index (χ4n) is 4.01. The Balaban J connectivity index is 1.61. The first kappa shape index (κ1) is 23.4. The third-order valence-corrected chi connectivity index (χ3v) is 7.79. The van der Waals surface area contributed by atoms with Crippen molar-refractivity contribution in [3.05, 3.63) is 36.4 Å². The van der Waals surface area contributed by atoms with E-state index in [1.54, 1.807) is 49.4 Å². The number of anilines is 4. The van der Waals surface area contributed by atoms with Gasteiger partial charge in [0.15, 0.2) is 5.82 Å². The maximum absolute atomic E-state index is 13.0. The number of fused-ring (bicyclic) bond motifs is 1. The predicted octanol–water partition coefficient (Wildman–Crippen LogP) is 1.66. The van der Waals surface area contributed by atoms with E-state index in [1.807, 2.05) is 17.9 Å². The Kier molecular flexibility index (Phi) is 6.84. The summed E-state index contributed by atoms with van der Waals surface area (Å²) >= 11 is 0. The smallest absolute Gasteiger partial charge is 0.249 e. The topological polar surface area (TPSA) is 104 Å². The molecule has 2 aliphatic rings. The zero-order valence-corrected chi connectivity index (χ0v) is 19.8. The number of methoxy groups -OCH3 is 1. The van der Waals surface area contributed by atoms with Crippen molar-refractivity contribution in [2.75, 3.05) is 68.7 Å². The Morgan fingerprint density at radius 2 is 1.97 bits per heavy atom. The average molecular weight is 476 g/mol. The van der Waals surface area contributed by atoms with Gasteiger partial charge in [-0.05, 0) is 37.3 Å². The van der Waals surface area contributed by atoms with Crippen molar-refractivity contribution in [2.45, 2.75) is 17.9 Å². The molecule has 2 aromatic rings. The van der Waals surface area contributed by atoms with Gasteiger partial charge in [-0.15, -0.1) is 0 Å². The lowest BCUT2D eigenvalue weighted by Crippen LogP contribution is -2.52. The van der Waals surface area contributed by atoms with Crippen LogP contribution in [0.1, 0.15) is 6.92 Å². The van der Waals surface area contributed by atoms with E-state index in [2.05, 4.69) is 5.32 Å². The third-order valence-electron chi connectivity index (χ3n) is 5.89. The van der Waals surface area contributed by atoms with Crippen LogP contribution in [0.2, 0.25) is 0 Å². The number of carbonyl (C=O) groups is 1. The van der Waals surface area contributed by atoms with Gasteiger partial charge >= 0.3 is 0 Å². The molecule has 1 atom stereocenters. The van der Waals surface area contributed by atoms with E-state index in [0.29, 0.717) is 62.5 Å². The van der Waals surface area contributed by atoms with Crippen molar-refractivity contribution in [2.24, 2.45) is 0 Å². The Morgan fingerprint density at radius 3 is 2.70 bits per heavy atom. The van der Waals surface area contributed by atoms with E-state index < -0.39 is 10.0 Å². The number of likely N-dealkylation sites (N-methyl/N-ethyl adjacent to an activating group) is 1. The molecule has 33 heavy (non-hydrogen) atoms. The quantitative estimate of drug-likeness (QED) is 0.645. The minimum absolute atomic E-state index is 0.0119. The van der Waals surface area contributed by atoms with Gasteiger partial charge in [0.05, 0.1) is 30.4 Å². The van der Waals surface area contributed by atoms with Gasteiger partial charge in [0.1, 0.15) is 11.9 Å². The van der Waals surface area contributed by atoms with Crippen LogP contribution in [0.15, 0.2) is 41.3 Å². The summed E-state index contributed by atoms with van der Waals surface area (Å²) < 4.78 is 37.9. The summed E-state index contributed by atoms with van der Waals surface area (Å²) in [6, 6.07) is 9.92. The van der Waals surface area contributed by atoms with Gasteiger partial charge < -0.3 is 24.6 Å².